The van der Waals surface area contributed by atoms with Crippen LogP contribution in [-0.2, 0) is 9.59 Å². The van der Waals surface area contributed by atoms with E-state index in [0.29, 0.717) is 11.4 Å². The molecule has 0 saturated carbocycles. The normalized spacial score (nSPS) is 14.8. The van der Waals surface area contributed by atoms with Gasteiger partial charge in [-0.3, -0.25) is 9.59 Å². The molecule has 20 heavy (non-hydrogen) atoms. The third-order valence-corrected chi connectivity index (χ3v) is 2.69. The summed E-state index contributed by atoms with van der Waals surface area (Å²) in [6.45, 7) is 1.69. The predicted octanol–water partition coefficient (Wildman–Crippen LogP) is 0.508. The molecular weight excluding hydrogens is 260 g/mol. The molecule has 102 valence electrons. The van der Waals surface area contributed by atoms with Crippen molar-refractivity contribution in [2.75, 3.05) is 4.90 Å². The summed E-state index contributed by atoms with van der Waals surface area (Å²) in [6.07, 6.45) is 2.44. The van der Waals surface area contributed by atoms with E-state index in [2.05, 4.69) is 10.5 Å². The van der Waals surface area contributed by atoms with Gasteiger partial charge in [-0.2, -0.15) is 5.10 Å². The molecule has 0 aliphatic carbocycles. The third-order valence-electron chi connectivity index (χ3n) is 2.69. The molecule has 2 rings (SSSR count). The van der Waals surface area contributed by atoms with Crippen molar-refractivity contribution >= 4 is 29.2 Å². The highest BCUT2D eigenvalue weighted by molar-refractivity contribution is 6.28. The maximum atomic E-state index is 11.5. The fraction of sp³-hybridized carbons (Fsp3) is 0.0769. The minimum atomic E-state index is -0.750. The van der Waals surface area contributed by atoms with Crippen LogP contribution in [0.2, 0.25) is 0 Å². The molecule has 4 amide bonds. The molecule has 7 nitrogen and oxygen atoms in total. The van der Waals surface area contributed by atoms with E-state index in [-0.39, 0.29) is 11.8 Å². The summed E-state index contributed by atoms with van der Waals surface area (Å²) in [5.41, 5.74) is 8.79. The van der Waals surface area contributed by atoms with Gasteiger partial charge < -0.3 is 5.73 Å². The second-order valence-electron chi connectivity index (χ2n) is 4.07. The number of nitrogens with two attached hydrogens (primary N) is 1. The van der Waals surface area contributed by atoms with E-state index in [1.54, 1.807) is 31.2 Å². The van der Waals surface area contributed by atoms with E-state index in [4.69, 9.17) is 5.73 Å². The zero-order chi connectivity index (χ0) is 14.7. The molecule has 7 heteroatoms. The molecule has 0 atom stereocenters. The fourth-order valence-electron chi connectivity index (χ4n) is 1.71. The molecule has 1 aliphatic heterocycles. The lowest BCUT2D eigenvalue weighted by atomic mass is 10.1. The highest BCUT2D eigenvalue weighted by Crippen LogP contribution is 2.19. The standard InChI is InChI=1S/C13H12N4O3/c1-8(15-16-13(14)20)9-2-4-10(5-3-9)17-11(18)6-7-12(17)19/h2-7H,1H3,(H3,14,16,20)/b15-8+. The van der Waals surface area contributed by atoms with Crippen molar-refractivity contribution in [3.63, 3.8) is 0 Å². The molecule has 1 aliphatic rings. The summed E-state index contributed by atoms with van der Waals surface area (Å²) in [5.74, 6) is -0.743. The highest BCUT2D eigenvalue weighted by atomic mass is 16.2. The van der Waals surface area contributed by atoms with Crippen LogP contribution in [0.25, 0.3) is 0 Å². The Hall–Kier alpha value is -2.96. The first-order valence-corrected chi connectivity index (χ1v) is 5.75. The van der Waals surface area contributed by atoms with Crippen LogP contribution in [0.1, 0.15) is 12.5 Å². The first-order valence-electron chi connectivity index (χ1n) is 5.75. The van der Waals surface area contributed by atoms with Crippen LogP contribution < -0.4 is 16.1 Å². The van der Waals surface area contributed by atoms with Crippen molar-refractivity contribution < 1.29 is 14.4 Å². The topological polar surface area (TPSA) is 105 Å². The molecule has 1 aromatic rings. The number of carbonyl (C=O) groups excluding carboxylic acids is 3. The molecule has 0 bridgehead atoms. The molecule has 3 N–H and O–H groups in total. The summed E-state index contributed by atoms with van der Waals surface area (Å²) >= 11 is 0. The highest BCUT2D eigenvalue weighted by Gasteiger charge is 2.24. The second-order valence-corrected chi connectivity index (χ2v) is 4.07. The van der Waals surface area contributed by atoms with Gasteiger partial charge in [0.15, 0.2) is 0 Å². The van der Waals surface area contributed by atoms with Gasteiger partial charge in [-0.05, 0) is 24.6 Å². The van der Waals surface area contributed by atoms with Gasteiger partial charge in [0, 0.05) is 12.2 Å². The van der Waals surface area contributed by atoms with Crippen molar-refractivity contribution in [1.29, 1.82) is 0 Å². The Bertz CT molecular complexity index is 614. The van der Waals surface area contributed by atoms with Gasteiger partial charge in [-0.1, -0.05) is 12.1 Å². The van der Waals surface area contributed by atoms with Gasteiger partial charge >= 0.3 is 6.03 Å². The van der Waals surface area contributed by atoms with Crippen LogP contribution in [0.3, 0.4) is 0 Å². The smallest absolute Gasteiger partial charge is 0.332 e. The summed E-state index contributed by atoms with van der Waals surface area (Å²) in [7, 11) is 0. The Morgan fingerprint density at radius 1 is 1.15 bits per heavy atom. The molecular formula is C13H12N4O3. The van der Waals surface area contributed by atoms with Crippen molar-refractivity contribution in [2.45, 2.75) is 6.92 Å². The minimum absolute atomic E-state index is 0.372. The number of imide groups is 1. The summed E-state index contributed by atoms with van der Waals surface area (Å²) in [6, 6.07) is 5.88. The van der Waals surface area contributed by atoms with E-state index in [0.717, 1.165) is 10.5 Å². The van der Waals surface area contributed by atoms with Crippen LogP contribution in [0, 0.1) is 0 Å². The number of anilines is 1. The Kier molecular flexibility index (Phi) is 3.60. The average Bonchev–Trinajstić information content (AvgIpc) is 2.76. The molecule has 1 aromatic carbocycles. The number of nitrogens with one attached hydrogen (secondary N) is 1. The van der Waals surface area contributed by atoms with Crippen molar-refractivity contribution in [3.05, 3.63) is 42.0 Å². The maximum Gasteiger partial charge on any atom is 0.332 e. The Balaban J connectivity index is 2.18. The van der Waals surface area contributed by atoms with Gasteiger partial charge in [0.25, 0.3) is 11.8 Å². The number of rotatable bonds is 3. The number of carbonyl (C=O) groups is 3. The number of primary amides is 1. The Morgan fingerprint density at radius 2 is 1.70 bits per heavy atom. The van der Waals surface area contributed by atoms with E-state index < -0.39 is 6.03 Å². The Morgan fingerprint density at radius 3 is 2.20 bits per heavy atom. The number of urea groups is 1. The fourth-order valence-corrected chi connectivity index (χ4v) is 1.71. The Labute approximate surface area is 114 Å². The quantitative estimate of drug-likeness (QED) is 0.475. The zero-order valence-electron chi connectivity index (χ0n) is 10.7. The number of hydrazone groups is 1. The minimum Gasteiger partial charge on any atom is -0.350 e. The van der Waals surface area contributed by atoms with Crippen molar-refractivity contribution in [2.24, 2.45) is 10.8 Å². The number of benzene rings is 1. The van der Waals surface area contributed by atoms with E-state index in [1.807, 2.05) is 0 Å². The monoisotopic (exact) mass is 272 g/mol. The second kappa shape index (κ2) is 5.35. The number of amides is 4. The lowest BCUT2D eigenvalue weighted by Gasteiger charge is -2.14. The first kappa shape index (κ1) is 13.5. The summed E-state index contributed by atoms with van der Waals surface area (Å²) in [4.78, 5) is 34.6. The lowest BCUT2D eigenvalue weighted by Crippen LogP contribution is -2.29. The molecule has 0 unspecified atom stereocenters. The van der Waals surface area contributed by atoms with E-state index >= 15 is 0 Å². The predicted molar refractivity (Wildman–Crippen MR) is 73.0 cm³/mol. The zero-order valence-corrected chi connectivity index (χ0v) is 10.7. The number of hydrogen-bond acceptors (Lipinski definition) is 4. The molecule has 0 radical (unpaired) electrons. The first-order chi connectivity index (χ1) is 9.49. The SMILES string of the molecule is C/C(=N\NC(N)=O)c1ccc(N2C(=O)C=CC2=O)cc1. The van der Waals surface area contributed by atoms with Crippen molar-refractivity contribution in [3.8, 4) is 0 Å². The van der Waals surface area contributed by atoms with Gasteiger partial charge in [0.05, 0.1) is 11.4 Å². The van der Waals surface area contributed by atoms with Crippen LogP contribution in [0.4, 0.5) is 10.5 Å². The van der Waals surface area contributed by atoms with Crippen molar-refractivity contribution in [1.82, 2.24) is 5.43 Å². The van der Waals surface area contributed by atoms with Crippen LogP contribution in [0.15, 0.2) is 41.5 Å². The van der Waals surface area contributed by atoms with Crippen LogP contribution in [0.5, 0.6) is 0 Å². The van der Waals surface area contributed by atoms with Gasteiger partial charge in [-0.15, -0.1) is 0 Å². The average molecular weight is 272 g/mol. The number of hydrogen-bond donors (Lipinski definition) is 2. The largest absolute Gasteiger partial charge is 0.350 e. The van der Waals surface area contributed by atoms with Gasteiger partial charge in [0.2, 0.25) is 0 Å². The molecule has 0 saturated heterocycles. The van der Waals surface area contributed by atoms with E-state index in [1.165, 1.54) is 12.2 Å². The molecule has 0 aromatic heterocycles. The lowest BCUT2D eigenvalue weighted by molar-refractivity contribution is -0.119. The maximum absolute atomic E-state index is 11.5. The molecule has 0 spiro atoms. The number of nitrogens with zero attached hydrogens (tertiary/aromatic N) is 2. The summed E-state index contributed by atoms with van der Waals surface area (Å²) < 4.78 is 0. The van der Waals surface area contributed by atoms with Gasteiger partial charge in [0.1, 0.15) is 0 Å². The molecule has 0 fully saturated rings. The van der Waals surface area contributed by atoms with Gasteiger partial charge in [-0.25, -0.2) is 15.1 Å². The summed E-state index contributed by atoms with van der Waals surface area (Å²) in [5, 5.41) is 3.78. The third kappa shape index (κ3) is 2.72. The van der Waals surface area contributed by atoms with Crippen LogP contribution >= 0.6 is 0 Å². The van der Waals surface area contributed by atoms with E-state index in [9.17, 15) is 14.4 Å². The van der Waals surface area contributed by atoms with Crippen LogP contribution in [-0.4, -0.2) is 23.6 Å². The molecule has 1 heterocycles.